The summed E-state index contributed by atoms with van der Waals surface area (Å²) < 4.78 is 11.0. The number of carbonyl (C=O) groups is 2. The van der Waals surface area contributed by atoms with Gasteiger partial charge in [-0.05, 0) is 24.8 Å². The van der Waals surface area contributed by atoms with Crippen molar-refractivity contribution < 1.29 is 44.6 Å². The minimum atomic E-state index is -2.48. The van der Waals surface area contributed by atoms with Crippen molar-refractivity contribution in [2.24, 2.45) is 34.0 Å². The van der Waals surface area contributed by atoms with Crippen molar-refractivity contribution in [3.63, 3.8) is 0 Å². The molecular formula is C22H30O9. The Morgan fingerprint density at radius 1 is 1.23 bits per heavy atom. The summed E-state index contributed by atoms with van der Waals surface area (Å²) >= 11 is 0. The lowest BCUT2D eigenvalue weighted by atomic mass is 9.35. The number of ether oxygens (including phenoxy) is 2. The van der Waals surface area contributed by atoms with Gasteiger partial charge in [0.2, 0.25) is 5.79 Å². The standard InChI is InChI=1S/C22H30O9/c1-9-11-6-12(24)14-20-8-31-22(29,21(14,16(9)26)17(11)27)18(28)15(20)19(3,5-4-13(20)25)7-30-10(2)23/h11-15,17-18,24-25,27-29H,1,4-8H2,2-3H3/t11-,12-,13+,14-,15+,17+,18-,19+,20-,21-,22+/m0/s1. The van der Waals surface area contributed by atoms with E-state index >= 15 is 0 Å². The van der Waals surface area contributed by atoms with Crippen LogP contribution in [0.15, 0.2) is 12.2 Å². The summed E-state index contributed by atoms with van der Waals surface area (Å²) in [6.07, 6.45) is -4.56. The first-order chi connectivity index (χ1) is 14.4. The first kappa shape index (κ1) is 21.5. The smallest absolute Gasteiger partial charge is 0.302 e. The molecule has 2 spiro atoms. The number of hydrogen-bond donors (Lipinski definition) is 5. The van der Waals surface area contributed by atoms with Gasteiger partial charge in [-0.2, -0.15) is 0 Å². The van der Waals surface area contributed by atoms with Crippen LogP contribution in [-0.4, -0.2) is 80.7 Å². The Hall–Kier alpha value is -1.36. The van der Waals surface area contributed by atoms with Crippen LogP contribution in [0.3, 0.4) is 0 Å². The lowest BCUT2D eigenvalue weighted by molar-refractivity contribution is -0.467. The maximum Gasteiger partial charge on any atom is 0.302 e. The summed E-state index contributed by atoms with van der Waals surface area (Å²) in [7, 11) is 0. The molecule has 11 atom stereocenters. The van der Waals surface area contributed by atoms with Crippen LogP contribution in [0.2, 0.25) is 0 Å². The second-order valence-corrected chi connectivity index (χ2v) is 10.6. The van der Waals surface area contributed by atoms with E-state index in [-0.39, 0.29) is 31.6 Å². The van der Waals surface area contributed by atoms with E-state index < -0.39 is 76.0 Å². The molecule has 0 radical (unpaired) electrons. The highest BCUT2D eigenvalue weighted by Gasteiger charge is 2.88. The van der Waals surface area contributed by atoms with Crippen molar-refractivity contribution in [1.82, 2.24) is 0 Å². The molecule has 31 heavy (non-hydrogen) atoms. The summed E-state index contributed by atoms with van der Waals surface area (Å²) in [6, 6.07) is 0. The minimum Gasteiger partial charge on any atom is -0.465 e. The third kappa shape index (κ3) is 2.09. The number of carbonyl (C=O) groups excluding carboxylic acids is 2. The average Bonchev–Trinajstić information content (AvgIpc) is 2.82. The van der Waals surface area contributed by atoms with E-state index in [1.165, 1.54) is 6.92 Å². The van der Waals surface area contributed by atoms with Gasteiger partial charge in [-0.25, -0.2) is 0 Å². The van der Waals surface area contributed by atoms with Crippen LogP contribution in [0.25, 0.3) is 0 Å². The van der Waals surface area contributed by atoms with Crippen LogP contribution in [0, 0.1) is 34.0 Å². The van der Waals surface area contributed by atoms with E-state index in [0.29, 0.717) is 6.42 Å². The van der Waals surface area contributed by atoms with Crippen LogP contribution in [-0.2, 0) is 19.1 Å². The molecule has 6 rings (SSSR count). The van der Waals surface area contributed by atoms with Crippen LogP contribution >= 0.6 is 0 Å². The highest BCUT2D eigenvalue weighted by atomic mass is 16.6. The molecule has 9 heteroatoms. The van der Waals surface area contributed by atoms with Gasteiger partial charge in [0.1, 0.15) is 11.5 Å². The Bertz CT molecular complexity index is 873. The molecule has 4 aliphatic carbocycles. The van der Waals surface area contributed by atoms with Crippen molar-refractivity contribution in [1.29, 1.82) is 0 Å². The van der Waals surface area contributed by atoms with Gasteiger partial charge in [-0.3, -0.25) is 9.59 Å². The topological polar surface area (TPSA) is 154 Å². The van der Waals surface area contributed by atoms with Crippen LogP contribution in [0.4, 0.5) is 0 Å². The van der Waals surface area contributed by atoms with Gasteiger partial charge in [0.25, 0.3) is 0 Å². The number of rotatable bonds is 2. The second kappa shape index (κ2) is 6.15. The molecule has 2 aliphatic heterocycles. The number of esters is 1. The van der Waals surface area contributed by atoms with Gasteiger partial charge in [-0.15, -0.1) is 0 Å². The highest BCUT2D eigenvalue weighted by molar-refractivity contribution is 6.05. The lowest BCUT2D eigenvalue weighted by Crippen LogP contribution is -2.87. The number of aliphatic hydroxyl groups excluding tert-OH is 4. The van der Waals surface area contributed by atoms with Gasteiger partial charge in [0.15, 0.2) is 5.78 Å². The molecule has 6 aliphatic rings. The Balaban J connectivity index is 1.75. The van der Waals surface area contributed by atoms with Crippen LogP contribution in [0.1, 0.15) is 33.1 Å². The average molecular weight is 438 g/mol. The number of fused-ring (bicyclic) bond motifs is 2. The molecule has 0 aromatic heterocycles. The van der Waals surface area contributed by atoms with Crippen LogP contribution in [0.5, 0.6) is 0 Å². The van der Waals surface area contributed by atoms with Crippen molar-refractivity contribution in [3.8, 4) is 0 Å². The number of hydrogen-bond acceptors (Lipinski definition) is 9. The zero-order chi connectivity index (χ0) is 22.7. The fourth-order valence-corrected chi connectivity index (χ4v) is 8.19. The van der Waals surface area contributed by atoms with Crippen LogP contribution < -0.4 is 0 Å². The quantitative estimate of drug-likeness (QED) is 0.267. The van der Waals surface area contributed by atoms with E-state index in [9.17, 15) is 35.1 Å². The summed E-state index contributed by atoms with van der Waals surface area (Å²) in [5.41, 5.74) is -4.12. The third-order valence-corrected chi connectivity index (χ3v) is 9.31. The van der Waals surface area contributed by atoms with E-state index in [2.05, 4.69) is 6.58 Å². The zero-order valence-electron chi connectivity index (χ0n) is 17.7. The molecule has 2 saturated heterocycles. The summed E-state index contributed by atoms with van der Waals surface area (Å²) in [6.45, 7) is 6.61. The van der Waals surface area contributed by atoms with E-state index in [4.69, 9.17) is 9.47 Å². The molecule has 0 aromatic carbocycles. The maximum atomic E-state index is 13.5. The monoisotopic (exact) mass is 438 g/mol. The molecule has 4 bridgehead atoms. The molecule has 5 N–H and O–H groups in total. The first-order valence-electron chi connectivity index (χ1n) is 10.8. The van der Waals surface area contributed by atoms with Gasteiger partial charge < -0.3 is 35.0 Å². The predicted molar refractivity (Wildman–Crippen MR) is 103 cm³/mol. The number of aliphatic hydroxyl groups is 5. The number of ketones is 1. The van der Waals surface area contributed by atoms with Crippen molar-refractivity contribution in [3.05, 3.63) is 12.2 Å². The summed E-state index contributed by atoms with van der Waals surface area (Å²) in [5, 5.41) is 57.1. The molecule has 4 saturated carbocycles. The Morgan fingerprint density at radius 3 is 2.55 bits per heavy atom. The second-order valence-electron chi connectivity index (χ2n) is 10.6. The fraction of sp³-hybridized carbons (Fsp3) is 0.818. The zero-order valence-corrected chi connectivity index (χ0v) is 17.7. The third-order valence-electron chi connectivity index (χ3n) is 9.31. The van der Waals surface area contributed by atoms with Crippen molar-refractivity contribution >= 4 is 11.8 Å². The summed E-state index contributed by atoms with van der Waals surface area (Å²) in [5.74, 6) is -6.28. The van der Waals surface area contributed by atoms with Crippen molar-refractivity contribution in [2.45, 2.75) is 63.3 Å². The molecule has 172 valence electrons. The molecular weight excluding hydrogens is 408 g/mol. The Morgan fingerprint density at radius 2 is 1.90 bits per heavy atom. The Kier molecular flexibility index (Phi) is 4.26. The lowest BCUT2D eigenvalue weighted by Gasteiger charge is -2.75. The molecule has 6 fully saturated rings. The van der Waals surface area contributed by atoms with Gasteiger partial charge in [0, 0.05) is 35.5 Å². The largest absolute Gasteiger partial charge is 0.465 e. The fourth-order valence-electron chi connectivity index (χ4n) is 8.19. The SMILES string of the molecule is C=C1C(=O)[C@]23[C@H](O)[C@H]1C[C@H](O)[C@H]2[C@@]12CO[C@]3(O)[C@@H](O)[C@@H]1[C@@](C)(COC(C)=O)CC[C@H]2O. The van der Waals surface area contributed by atoms with E-state index in [1.807, 2.05) is 0 Å². The van der Waals surface area contributed by atoms with E-state index in [1.54, 1.807) is 6.92 Å². The molecule has 0 aromatic rings. The first-order valence-corrected chi connectivity index (χ1v) is 10.8. The molecule has 0 unspecified atom stereocenters. The van der Waals surface area contributed by atoms with Gasteiger partial charge >= 0.3 is 5.97 Å². The van der Waals surface area contributed by atoms with Crippen molar-refractivity contribution in [2.75, 3.05) is 13.2 Å². The molecule has 9 nitrogen and oxygen atoms in total. The summed E-state index contributed by atoms with van der Waals surface area (Å²) in [4.78, 5) is 25.0. The Labute approximate surface area is 179 Å². The minimum absolute atomic E-state index is 0.0593. The molecule has 0 amide bonds. The maximum absolute atomic E-state index is 13.5. The number of Topliss-reactive ketones (excluding diaryl/α,β-unsaturated/α-hetero) is 1. The normalized spacial score (nSPS) is 57.5. The highest BCUT2D eigenvalue weighted by Crippen LogP contribution is 2.76. The predicted octanol–water partition coefficient (Wildman–Crippen LogP) is -1.11. The van der Waals surface area contributed by atoms with E-state index in [0.717, 1.165) is 0 Å². The van der Waals surface area contributed by atoms with Gasteiger partial charge in [0.05, 0.1) is 31.5 Å². The molecule has 2 heterocycles. The van der Waals surface area contributed by atoms with Gasteiger partial charge in [-0.1, -0.05) is 13.5 Å².